The molecule has 1 aromatic rings. The Kier molecular flexibility index (Phi) is 6.19. The second-order valence-electron chi connectivity index (χ2n) is 5.23. The van der Waals surface area contributed by atoms with Crippen LogP contribution in [0.5, 0.6) is 5.75 Å². The van der Waals surface area contributed by atoms with Crippen molar-refractivity contribution in [3.8, 4) is 5.75 Å². The predicted octanol–water partition coefficient (Wildman–Crippen LogP) is 2.43. The number of hydrogen-bond donors (Lipinski definition) is 2. The monoisotopic (exact) mass is 315 g/mol. The molecule has 0 saturated heterocycles. The lowest BCUT2D eigenvalue weighted by molar-refractivity contribution is 0.266. The molecule has 0 bridgehead atoms. The topological polar surface area (TPSA) is 75.6 Å². The van der Waals surface area contributed by atoms with E-state index in [1.54, 1.807) is 6.07 Å². The first-order valence-corrected chi connectivity index (χ1v) is 8.70. The SMILES string of the molecule is CCOc1ccc(S(=O)(=O)NC(C)(CC)CC)cc1CO. The number of hydrogen-bond acceptors (Lipinski definition) is 4. The molecule has 5 nitrogen and oxygen atoms in total. The lowest BCUT2D eigenvalue weighted by Gasteiger charge is -2.28. The molecular formula is C15H25NO4S. The van der Waals surface area contributed by atoms with E-state index < -0.39 is 15.6 Å². The van der Waals surface area contributed by atoms with Crippen molar-refractivity contribution < 1.29 is 18.3 Å². The number of ether oxygens (including phenoxy) is 1. The van der Waals surface area contributed by atoms with Crippen LogP contribution in [0.1, 0.15) is 46.1 Å². The van der Waals surface area contributed by atoms with Crippen molar-refractivity contribution in [1.29, 1.82) is 0 Å². The molecule has 0 aliphatic carbocycles. The highest BCUT2D eigenvalue weighted by molar-refractivity contribution is 7.89. The van der Waals surface area contributed by atoms with E-state index in [4.69, 9.17) is 4.74 Å². The average molecular weight is 315 g/mol. The molecule has 0 heterocycles. The minimum atomic E-state index is -3.62. The number of rotatable bonds is 8. The summed E-state index contributed by atoms with van der Waals surface area (Å²) in [7, 11) is -3.62. The van der Waals surface area contributed by atoms with E-state index in [1.165, 1.54) is 12.1 Å². The molecule has 21 heavy (non-hydrogen) atoms. The summed E-state index contributed by atoms with van der Waals surface area (Å²) in [4.78, 5) is 0.142. The van der Waals surface area contributed by atoms with Crippen LogP contribution >= 0.6 is 0 Å². The highest BCUT2D eigenvalue weighted by Gasteiger charge is 2.27. The molecule has 0 fully saturated rings. The molecule has 6 heteroatoms. The summed E-state index contributed by atoms with van der Waals surface area (Å²) < 4.78 is 33.0. The van der Waals surface area contributed by atoms with Gasteiger partial charge in [0.05, 0.1) is 18.1 Å². The van der Waals surface area contributed by atoms with Crippen LogP contribution in [0.15, 0.2) is 23.1 Å². The maximum absolute atomic E-state index is 12.5. The smallest absolute Gasteiger partial charge is 0.241 e. The van der Waals surface area contributed by atoms with Crippen molar-refractivity contribution in [3.05, 3.63) is 23.8 Å². The third-order valence-electron chi connectivity index (χ3n) is 3.75. The fourth-order valence-corrected chi connectivity index (χ4v) is 3.52. The van der Waals surface area contributed by atoms with E-state index in [0.717, 1.165) is 0 Å². The lowest BCUT2D eigenvalue weighted by Crippen LogP contribution is -2.44. The zero-order valence-electron chi connectivity index (χ0n) is 13.1. The first-order valence-electron chi connectivity index (χ1n) is 7.22. The molecular weight excluding hydrogens is 290 g/mol. The Balaban J connectivity index is 3.14. The zero-order chi connectivity index (χ0) is 16.1. The number of aliphatic hydroxyl groups excluding tert-OH is 1. The third kappa shape index (κ3) is 4.43. The minimum absolute atomic E-state index is 0.142. The van der Waals surface area contributed by atoms with Gasteiger partial charge in [0.25, 0.3) is 0 Å². The summed E-state index contributed by atoms with van der Waals surface area (Å²) in [5, 5.41) is 9.36. The van der Waals surface area contributed by atoms with Gasteiger partial charge in [-0.1, -0.05) is 13.8 Å². The molecule has 0 aromatic heterocycles. The van der Waals surface area contributed by atoms with Gasteiger partial charge in [-0.2, -0.15) is 0 Å². The summed E-state index contributed by atoms with van der Waals surface area (Å²) in [5.41, 5.74) is -0.00834. The predicted molar refractivity (Wildman–Crippen MR) is 82.8 cm³/mol. The summed E-state index contributed by atoms with van der Waals surface area (Å²) in [6.45, 7) is 7.80. The van der Waals surface area contributed by atoms with Crippen LogP contribution in [-0.4, -0.2) is 25.7 Å². The van der Waals surface area contributed by atoms with Crippen molar-refractivity contribution in [2.24, 2.45) is 0 Å². The van der Waals surface area contributed by atoms with Crippen LogP contribution < -0.4 is 9.46 Å². The molecule has 0 radical (unpaired) electrons. The van der Waals surface area contributed by atoms with Crippen LogP contribution in [0, 0.1) is 0 Å². The highest BCUT2D eigenvalue weighted by atomic mass is 32.2. The minimum Gasteiger partial charge on any atom is -0.494 e. The highest BCUT2D eigenvalue weighted by Crippen LogP contribution is 2.25. The van der Waals surface area contributed by atoms with Crippen molar-refractivity contribution in [3.63, 3.8) is 0 Å². The van der Waals surface area contributed by atoms with Gasteiger partial charge in [-0.25, -0.2) is 13.1 Å². The van der Waals surface area contributed by atoms with E-state index in [-0.39, 0.29) is 11.5 Å². The molecule has 0 saturated carbocycles. The summed E-state index contributed by atoms with van der Waals surface area (Å²) in [6.07, 6.45) is 1.40. The maximum Gasteiger partial charge on any atom is 0.241 e. The average Bonchev–Trinajstić information content (AvgIpc) is 2.47. The molecule has 2 N–H and O–H groups in total. The standard InChI is InChI=1S/C15H25NO4S/c1-5-15(4,6-2)16-21(18,19)13-8-9-14(20-7-3)12(10-13)11-17/h8-10,16-17H,5-7,11H2,1-4H3. The fourth-order valence-electron chi connectivity index (χ4n) is 1.92. The van der Waals surface area contributed by atoms with Gasteiger partial charge in [0.15, 0.2) is 0 Å². The summed E-state index contributed by atoms with van der Waals surface area (Å²) >= 11 is 0. The second kappa shape index (κ2) is 7.24. The Morgan fingerprint density at radius 2 is 1.86 bits per heavy atom. The third-order valence-corrected chi connectivity index (χ3v) is 5.39. The van der Waals surface area contributed by atoms with Crippen LogP contribution in [0.25, 0.3) is 0 Å². The zero-order valence-corrected chi connectivity index (χ0v) is 14.0. The van der Waals surface area contributed by atoms with E-state index >= 15 is 0 Å². The summed E-state index contributed by atoms with van der Waals surface area (Å²) in [5.74, 6) is 0.507. The summed E-state index contributed by atoms with van der Waals surface area (Å²) in [6, 6.07) is 4.54. The quantitative estimate of drug-likeness (QED) is 0.772. The van der Waals surface area contributed by atoms with E-state index in [1.807, 2.05) is 27.7 Å². The molecule has 1 aromatic carbocycles. The maximum atomic E-state index is 12.5. The van der Waals surface area contributed by atoms with Crippen LogP contribution in [0.2, 0.25) is 0 Å². The van der Waals surface area contributed by atoms with E-state index in [0.29, 0.717) is 30.8 Å². The van der Waals surface area contributed by atoms with Crippen LogP contribution in [0.3, 0.4) is 0 Å². The Hall–Kier alpha value is -1.11. The fraction of sp³-hybridized carbons (Fsp3) is 0.600. The largest absolute Gasteiger partial charge is 0.494 e. The molecule has 0 spiro atoms. The van der Waals surface area contributed by atoms with Crippen molar-refractivity contribution in [2.45, 2.75) is 57.6 Å². The Labute approximate surface area is 127 Å². The number of benzene rings is 1. The number of sulfonamides is 1. The van der Waals surface area contributed by atoms with Gasteiger partial charge < -0.3 is 9.84 Å². The second-order valence-corrected chi connectivity index (χ2v) is 6.92. The van der Waals surface area contributed by atoms with Crippen molar-refractivity contribution in [2.75, 3.05) is 6.61 Å². The van der Waals surface area contributed by atoms with Gasteiger partial charge in [-0.15, -0.1) is 0 Å². The van der Waals surface area contributed by atoms with Gasteiger partial charge in [0.1, 0.15) is 5.75 Å². The van der Waals surface area contributed by atoms with Crippen LogP contribution in [-0.2, 0) is 16.6 Å². The molecule has 1 rings (SSSR count). The number of nitrogens with one attached hydrogen (secondary N) is 1. The van der Waals surface area contributed by atoms with Gasteiger partial charge in [-0.3, -0.25) is 0 Å². The van der Waals surface area contributed by atoms with Gasteiger partial charge in [0.2, 0.25) is 10.0 Å². The Bertz CT molecular complexity index is 565. The Morgan fingerprint density at radius 1 is 1.24 bits per heavy atom. The molecule has 0 amide bonds. The van der Waals surface area contributed by atoms with Crippen molar-refractivity contribution in [1.82, 2.24) is 4.72 Å². The first-order chi connectivity index (χ1) is 9.81. The van der Waals surface area contributed by atoms with Crippen LogP contribution in [0.4, 0.5) is 0 Å². The molecule has 0 aliphatic rings. The van der Waals surface area contributed by atoms with Gasteiger partial charge in [-0.05, 0) is 44.9 Å². The Morgan fingerprint density at radius 3 is 2.33 bits per heavy atom. The molecule has 0 aliphatic heterocycles. The molecule has 0 unspecified atom stereocenters. The normalized spacial score (nSPS) is 12.4. The van der Waals surface area contributed by atoms with Crippen molar-refractivity contribution >= 4 is 10.0 Å². The van der Waals surface area contributed by atoms with Gasteiger partial charge in [0, 0.05) is 11.1 Å². The lowest BCUT2D eigenvalue weighted by atomic mass is 9.98. The first kappa shape index (κ1) is 17.9. The molecule has 120 valence electrons. The van der Waals surface area contributed by atoms with E-state index in [9.17, 15) is 13.5 Å². The number of aliphatic hydroxyl groups is 1. The van der Waals surface area contributed by atoms with E-state index in [2.05, 4.69) is 4.72 Å². The molecule has 0 atom stereocenters. The van der Waals surface area contributed by atoms with Gasteiger partial charge >= 0.3 is 0 Å².